The van der Waals surface area contributed by atoms with Crippen molar-refractivity contribution in [1.82, 2.24) is 20.1 Å². The third kappa shape index (κ3) is 5.23. The van der Waals surface area contributed by atoms with Gasteiger partial charge in [-0.2, -0.15) is 0 Å². The first-order valence-corrected chi connectivity index (χ1v) is 10.1. The van der Waals surface area contributed by atoms with Crippen LogP contribution >= 0.6 is 11.8 Å². The van der Waals surface area contributed by atoms with E-state index in [0.29, 0.717) is 36.1 Å². The summed E-state index contributed by atoms with van der Waals surface area (Å²) >= 11 is 1.17. The molecule has 28 heavy (non-hydrogen) atoms. The SMILES string of the molecule is CCNC(=O)c1cccc(NC(=O)CSc2n[nH]c(=O)n2C[C@@H]2CCCO2)c1. The number of aromatic amines is 1. The largest absolute Gasteiger partial charge is 0.376 e. The summed E-state index contributed by atoms with van der Waals surface area (Å²) in [5, 5.41) is 12.3. The van der Waals surface area contributed by atoms with Gasteiger partial charge in [-0.25, -0.2) is 9.89 Å². The van der Waals surface area contributed by atoms with Crippen LogP contribution in [0.25, 0.3) is 0 Å². The Hall–Kier alpha value is -2.59. The van der Waals surface area contributed by atoms with E-state index in [4.69, 9.17) is 4.74 Å². The second kappa shape index (κ2) is 9.56. The summed E-state index contributed by atoms with van der Waals surface area (Å²) in [6.07, 6.45) is 1.89. The number of rotatable bonds is 8. The standard InChI is InChI=1S/C18H23N5O4S/c1-2-19-16(25)12-5-3-6-13(9-12)20-15(24)11-28-18-22-21-17(26)23(18)10-14-7-4-8-27-14/h3,5-6,9,14H,2,4,7-8,10-11H2,1H3,(H,19,25)(H,20,24)(H,21,26)/t14-/m0/s1. The molecule has 2 amide bonds. The monoisotopic (exact) mass is 405 g/mol. The maximum Gasteiger partial charge on any atom is 0.344 e. The van der Waals surface area contributed by atoms with Crippen molar-refractivity contribution in [3.63, 3.8) is 0 Å². The number of hydrogen-bond donors (Lipinski definition) is 3. The number of hydrogen-bond acceptors (Lipinski definition) is 6. The third-order valence-corrected chi connectivity index (χ3v) is 5.19. The van der Waals surface area contributed by atoms with E-state index in [9.17, 15) is 14.4 Å². The molecular weight excluding hydrogens is 382 g/mol. The van der Waals surface area contributed by atoms with Crippen molar-refractivity contribution in [3.05, 3.63) is 40.3 Å². The maximum absolute atomic E-state index is 12.3. The lowest BCUT2D eigenvalue weighted by atomic mass is 10.2. The molecule has 1 aliphatic rings. The van der Waals surface area contributed by atoms with Crippen molar-refractivity contribution in [2.75, 3.05) is 24.2 Å². The van der Waals surface area contributed by atoms with Gasteiger partial charge in [0.15, 0.2) is 5.16 Å². The molecule has 0 radical (unpaired) electrons. The van der Waals surface area contributed by atoms with Crippen molar-refractivity contribution in [2.24, 2.45) is 0 Å². The van der Waals surface area contributed by atoms with Crippen LogP contribution in [0.2, 0.25) is 0 Å². The molecule has 3 rings (SSSR count). The van der Waals surface area contributed by atoms with Gasteiger partial charge in [0.2, 0.25) is 5.91 Å². The van der Waals surface area contributed by atoms with Gasteiger partial charge in [-0.3, -0.25) is 14.2 Å². The third-order valence-electron chi connectivity index (χ3n) is 4.21. The molecule has 150 valence electrons. The fourth-order valence-corrected chi connectivity index (χ4v) is 3.65. The summed E-state index contributed by atoms with van der Waals surface area (Å²) in [5.41, 5.74) is 0.700. The van der Waals surface area contributed by atoms with Crippen molar-refractivity contribution >= 4 is 29.3 Å². The van der Waals surface area contributed by atoms with Gasteiger partial charge in [-0.05, 0) is 38.0 Å². The number of H-pyrrole nitrogens is 1. The molecule has 0 aliphatic carbocycles. The van der Waals surface area contributed by atoms with Gasteiger partial charge in [0.25, 0.3) is 5.91 Å². The Morgan fingerprint density at radius 3 is 3.04 bits per heavy atom. The molecule has 9 nitrogen and oxygen atoms in total. The second-order valence-corrected chi connectivity index (χ2v) is 7.28. The van der Waals surface area contributed by atoms with E-state index in [2.05, 4.69) is 20.8 Å². The summed E-state index contributed by atoms with van der Waals surface area (Å²) < 4.78 is 7.07. The molecule has 1 fully saturated rings. The minimum absolute atomic E-state index is 0.000448. The fourth-order valence-electron chi connectivity index (χ4n) is 2.89. The van der Waals surface area contributed by atoms with Gasteiger partial charge in [-0.15, -0.1) is 5.10 Å². The van der Waals surface area contributed by atoms with Crippen LogP contribution in [0.3, 0.4) is 0 Å². The van der Waals surface area contributed by atoms with Crippen molar-refractivity contribution < 1.29 is 14.3 Å². The molecule has 0 unspecified atom stereocenters. The number of anilines is 1. The van der Waals surface area contributed by atoms with Crippen molar-refractivity contribution in [3.8, 4) is 0 Å². The lowest BCUT2D eigenvalue weighted by Gasteiger charge is -2.11. The molecule has 1 saturated heterocycles. The molecule has 1 atom stereocenters. The number of nitrogens with one attached hydrogen (secondary N) is 3. The van der Waals surface area contributed by atoms with Crippen LogP contribution in [0.15, 0.2) is 34.2 Å². The Morgan fingerprint density at radius 1 is 1.43 bits per heavy atom. The molecule has 2 heterocycles. The van der Waals surface area contributed by atoms with Crippen LogP contribution < -0.4 is 16.3 Å². The van der Waals surface area contributed by atoms with E-state index < -0.39 is 0 Å². The maximum atomic E-state index is 12.3. The Bertz CT molecular complexity index is 888. The average molecular weight is 405 g/mol. The number of benzene rings is 1. The minimum atomic E-state index is -0.312. The lowest BCUT2D eigenvalue weighted by molar-refractivity contribution is -0.113. The summed E-state index contributed by atoms with van der Waals surface area (Å²) in [4.78, 5) is 36.1. The minimum Gasteiger partial charge on any atom is -0.376 e. The zero-order valence-electron chi connectivity index (χ0n) is 15.6. The molecule has 1 aliphatic heterocycles. The van der Waals surface area contributed by atoms with E-state index in [-0.39, 0.29) is 29.4 Å². The topological polar surface area (TPSA) is 118 Å². The Kier molecular flexibility index (Phi) is 6.88. The predicted octanol–water partition coefficient (Wildman–Crippen LogP) is 1.23. The van der Waals surface area contributed by atoms with Gasteiger partial charge in [0.05, 0.1) is 18.4 Å². The van der Waals surface area contributed by atoms with E-state index in [1.165, 1.54) is 16.3 Å². The first-order chi connectivity index (χ1) is 13.6. The van der Waals surface area contributed by atoms with Crippen LogP contribution in [-0.4, -0.2) is 51.6 Å². The highest BCUT2D eigenvalue weighted by Gasteiger charge is 2.20. The summed E-state index contributed by atoms with van der Waals surface area (Å²) in [5.74, 6) is -0.360. The number of amides is 2. The zero-order valence-corrected chi connectivity index (χ0v) is 16.4. The summed E-state index contributed by atoms with van der Waals surface area (Å²) in [7, 11) is 0. The number of carbonyl (C=O) groups excluding carboxylic acids is 2. The molecule has 1 aromatic heterocycles. The number of aromatic nitrogens is 3. The first-order valence-electron chi connectivity index (χ1n) is 9.14. The molecule has 10 heteroatoms. The molecular formula is C18H23N5O4S. The predicted molar refractivity (Wildman–Crippen MR) is 106 cm³/mol. The normalized spacial score (nSPS) is 16.1. The number of thioether (sulfide) groups is 1. The quantitative estimate of drug-likeness (QED) is 0.569. The van der Waals surface area contributed by atoms with Crippen LogP contribution in [0.4, 0.5) is 5.69 Å². The van der Waals surface area contributed by atoms with Gasteiger partial charge in [0, 0.05) is 24.4 Å². The molecule has 3 N–H and O–H groups in total. The van der Waals surface area contributed by atoms with E-state index in [1.54, 1.807) is 24.3 Å². The Balaban J connectivity index is 1.57. The molecule has 2 aromatic rings. The first kappa shape index (κ1) is 20.2. The van der Waals surface area contributed by atoms with E-state index in [0.717, 1.165) is 12.8 Å². The van der Waals surface area contributed by atoms with Gasteiger partial charge >= 0.3 is 5.69 Å². The van der Waals surface area contributed by atoms with Gasteiger partial charge in [-0.1, -0.05) is 17.8 Å². The van der Waals surface area contributed by atoms with Crippen molar-refractivity contribution in [2.45, 2.75) is 37.6 Å². The fraction of sp³-hybridized carbons (Fsp3) is 0.444. The van der Waals surface area contributed by atoms with Crippen LogP contribution in [0.5, 0.6) is 0 Å². The summed E-state index contributed by atoms with van der Waals surface area (Å²) in [6, 6.07) is 6.73. The highest BCUT2D eigenvalue weighted by atomic mass is 32.2. The highest BCUT2D eigenvalue weighted by molar-refractivity contribution is 7.99. The average Bonchev–Trinajstić information content (AvgIpc) is 3.32. The Labute approximate surface area is 166 Å². The molecule has 0 spiro atoms. The van der Waals surface area contributed by atoms with Crippen LogP contribution in [-0.2, 0) is 16.1 Å². The van der Waals surface area contributed by atoms with Gasteiger partial charge in [0.1, 0.15) is 0 Å². The number of ether oxygens (including phenoxy) is 1. The molecule has 0 saturated carbocycles. The van der Waals surface area contributed by atoms with Gasteiger partial charge < -0.3 is 15.4 Å². The lowest BCUT2D eigenvalue weighted by Crippen LogP contribution is -2.25. The summed E-state index contributed by atoms with van der Waals surface area (Å²) in [6.45, 7) is 3.50. The van der Waals surface area contributed by atoms with Crippen molar-refractivity contribution in [1.29, 1.82) is 0 Å². The smallest absolute Gasteiger partial charge is 0.344 e. The molecule has 0 bridgehead atoms. The number of nitrogens with zero attached hydrogens (tertiary/aromatic N) is 2. The highest BCUT2D eigenvalue weighted by Crippen LogP contribution is 2.18. The van der Waals surface area contributed by atoms with Crippen LogP contribution in [0.1, 0.15) is 30.1 Å². The molecule has 1 aromatic carbocycles. The van der Waals surface area contributed by atoms with Crippen LogP contribution in [0, 0.1) is 0 Å². The van der Waals surface area contributed by atoms with E-state index >= 15 is 0 Å². The second-order valence-electron chi connectivity index (χ2n) is 6.33. The number of carbonyl (C=O) groups is 2. The Morgan fingerprint density at radius 2 is 2.29 bits per heavy atom. The van der Waals surface area contributed by atoms with E-state index in [1.807, 2.05) is 6.92 Å². The zero-order chi connectivity index (χ0) is 19.9.